The van der Waals surface area contributed by atoms with Crippen LogP contribution in [0.5, 0.6) is 0 Å². The summed E-state index contributed by atoms with van der Waals surface area (Å²) in [5.41, 5.74) is 0. The van der Waals surface area contributed by atoms with Crippen molar-refractivity contribution in [2.45, 2.75) is 162 Å². The molecule has 5 nitrogen and oxygen atoms in total. The molecule has 1 rings (SSSR count). The van der Waals surface area contributed by atoms with Gasteiger partial charge in [-0.15, -0.1) is 0 Å². The van der Waals surface area contributed by atoms with Crippen LogP contribution in [0.3, 0.4) is 0 Å². The fraction of sp³-hybridized carbons (Fsp3) is 1.00. The highest BCUT2D eigenvalue weighted by molar-refractivity contribution is 7.80. The molecule has 1 N–H and O–H groups in total. The molecule has 1 saturated carbocycles. The van der Waals surface area contributed by atoms with Crippen LogP contribution in [0.15, 0.2) is 0 Å². The van der Waals surface area contributed by atoms with Gasteiger partial charge in [0, 0.05) is 0 Å². The number of hydrogen-bond acceptors (Lipinski definition) is 4. The molecule has 1 aliphatic rings. The molecule has 0 unspecified atom stereocenters. The van der Waals surface area contributed by atoms with Crippen LogP contribution < -0.4 is 4.90 Å². The molecule has 1 aliphatic carbocycles. The van der Waals surface area contributed by atoms with E-state index >= 15 is 0 Å². The van der Waals surface area contributed by atoms with Crippen molar-refractivity contribution in [1.82, 2.24) is 0 Å². The van der Waals surface area contributed by atoms with Gasteiger partial charge in [0.2, 0.25) is 10.4 Å². The molecule has 34 heavy (non-hydrogen) atoms. The smallest absolute Gasteiger partial charge is 0.217 e. The van der Waals surface area contributed by atoms with Crippen molar-refractivity contribution in [1.29, 1.82) is 0 Å². The minimum absolute atomic E-state index is 0.0320. The first kappa shape index (κ1) is 33.8. The minimum atomic E-state index is -4.49. The monoisotopic (exact) mass is 505 g/mol. The van der Waals surface area contributed by atoms with E-state index < -0.39 is 10.4 Å². The van der Waals surface area contributed by atoms with E-state index in [0.717, 1.165) is 18.9 Å². The lowest BCUT2D eigenvalue weighted by Gasteiger charge is -2.29. The van der Waals surface area contributed by atoms with Gasteiger partial charge in [-0.25, -0.2) is 8.42 Å². The zero-order chi connectivity index (χ0) is 25.3. The highest BCUT2D eigenvalue weighted by atomic mass is 32.3. The summed E-state index contributed by atoms with van der Waals surface area (Å²) in [7, 11) is -4.49. The van der Waals surface area contributed by atoms with Crippen molar-refractivity contribution in [2.75, 3.05) is 19.7 Å². The molecule has 0 spiro atoms. The first-order valence-corrected chi connectivity index (χ1v) is 16.2. The lowest BCUT2D eigenvalue weighted by atomic mass is 9.94. The zero-order valence-corrected chi connectivity index (χ0v) is 23.9. The molecule has 0 heterocycles. The maximum atomic E-state index is 10.2. The Hall–Kier alpha value is -0.170. The van der Waals surface area contributed by atoms with Crippen molar-refractivity contribution in [3.8, 4) is 0 Å². The van der Waals surface area contributed by atoms with Crippen LogP contribution in [-0.2, 0) is 14.6 Å². The highest BCUT2D eigenvalue weighted by Gasteiger charge is 2.21. The highest BCUT2D eigenvalue weighted by Crippen LogP contribution is 2.15. The fourth-order valence-corrected chi connectivity index (χ4v) is 5.47. The Balaban J connectivity index is 0.000000818. The molecule has 0 aromatic carbocycles. The number of quaternary nitrogens is 1. The first-order valence-electron chi connectivity index (χ1n) is 14.9. The SMILES string of the molecule is CCCCCCCCCCCCCCCCCCOS(=O)(=O)[O-].CC[NH+](CC)C1CCCCC1. The molecular weight excluding hydrogens is 446 g/mol. The van der Waals surface area contributed by atoms with Crippen LogP contribution in [0.1, 0.15) is 156 Å². The molecule has 0 aromatic rings. The van der Waals surface area contributed by atoms with E-state index in [1.807, 2.05) is 4.90 Å². The Morgan fingerprint density at radius 2 is 1.03 bits per heavy atom. The minimum Gasteiger partial charge on any atom is -0.726 e. The predicted molar refractivity (Wildman–Crippen MR) is 144 cm³/mol. The van der Waals surface area contributed by atoms with Crippen molar-refractivity contribution >= 4 is 10.4 Å². The molecule has 6 heteroatoms. The van der Waals surface area contributed by atoms with Crippen molar-refractivity contribution in [3.63, 3.8) is 0 Å². The second-order valence-electron chi connectivity index (χ2n) is 10.2. The second kappa shape index (κ2) is 24.5. The van der Waals surface area contributed by atoms with Crippen LogP contribution >= 0.6 is 0 Å². The number of rotatable bonds is 21. The van der Waals surface area contributed by atoms with Gasteiger partial charge in [0.05, 0.1) is 25.7 Å². The van der Waals surface area contributed by atoms with Gasteiger partial charge in [0.25, 0.3) is 0 Å². The van der Waals surface area contributed by atoms with E-state index in [1.165, 1.54) is 129 Å². The fourth-order valence-electron chi connectivity index (χ4n) is 5.15. The number of hydrogen-bond donors (Lipinski definition) is 1. The van der Waals surface area contributed by atoms with Gasteiger partial charge in [0.1, 0.15) is 0 Å². The molecule has 0 radical (unpaired) electrons. The average Bonchev–Trinajstić information content (AvgIpc) is 2.82. The summed E-state index contributed by atoms with van der Waals surface area (Å²) in [6.07, 6.45) is 27.7. The third-order valence-electron chi connectivity index (χ3n) is 7.32. The summed E-state index contributed by atoms with van der Waals surface area (Å²) < 4.78 is 34.8. The van der Waals surface area contributed by atoms with Gasteiger partial charge in [-0.1, -0.05) is 110 Å². The first-order chi connectivity index (χ1) is 16.4. The molecule has 0 aliphatic heterocycles. The Morgan fingerprint density at radius 3 is 1.38 bits per heavy atom. The van der Waals surface area contributed by atoms with Crippen molar-refractivity contribution < 1.29 is 22.1 Å². The van der Waals surface area contributed by atoms with Crippen LogP contribution in [0.2, 0.25) is 0 Å². The second-order valence-corrected chi connectivity index (χ2v) is 11.3. The molecule has 0 amide bonds. The Bertz CT molecular complexity index is 503. The Kier molecular flexibility index (Phi) is 24.4. The normalized spacial score (nSPS) is 14.9. The quantitative estimate of drug-likeness (QED) is 0.104. The molecule has 0 atom stereocenters. The van der Waals surface area contributed by atoms with Crippen LogP contribution in [-0.4, -0.2) is 38.7 Å². The van der Waals surface area contributed by atoms with Gasteiger partial charge in [0.15, 0.2) is 0 Å². The van der Waals surface area contributed by atoms with E-state index in [4.69, 9.17) is 0 Å². The Morgan fingerprint density at radius 1 is 0.647 bits per heavy atom. The van der Waals surface area contributed by atoms with Gasteiger partial charge in [-0.3, -0.25) is 4.18 Å². The summed E-state index contributed by atoms with van der Waals surface area (Å²) in [6, 6.07) is 0.999. The molecule has 0 aromatic heterocycles. The largest absolute Gasteiger partial charge is 0.726 e. The third-order valence-corrected chi connectivity index (χ3v) is 7.77. The van der Waals surface area contributed by atoms with Crippen LogP contribution in [0.4, 0.5) is 0 Å². The van der Waals surface area contributed by atoms with E-state index in [0.29, 0.717) is 6.42 Å². The van der Waals surface area contributed by atoms with E-state index in [-0.39, 0.29) is 6.61 Å². The summed E-state index contributed by atoms with van der Waals surface area (Å²) in [6.45, 7) is 9.56. The molecule has 1 fully saturated rings. The third kappa shape index (κ3) is 23.6. The average molecular weight is 506 g/mol. The van der Waals surface area contributed by atoms with Crippen LogP contribution in [0.25, 0.3) is 0 Å². The standard InChI is InChI=1S/C18H38O4S.C10H21N/c1-2-3-4-5-6-7-8-9-10-11-12-13-14-15-16-17-18-22-23(19,20)21;1-3-11(4-2)10-8-6-5-7-9-10/h2-18H2,1H3,(H,19,20,21);10H,3-9H2,1-2H3. The lowest BCUT2D eigenvalue weighted by molar-refractivity contribution is -0.923. The van der Waals surface area contributed by atoms with Gasteiger partial charge >= 0.3 is 0 Å². The zero-order valence-electron chi connectivity index (χ0n) is 23.1. The molecule has 0 bridgehead atoms. The summed E-state index contributed by atoms with van der Waals surface area (Å²) in [5.74, 6) is 0. The molecular formula is C28H59NO4S. The topological polar surface area (TPSA) is 70.9 Å². The number of unbranched alkanes of at least 4 members (excludes halogenated alkanes) is 15. The van der Waals surface area contributed by atoms with Crippen molar-refractivity contribution in [2.24, 2.45) is 0 Å². The van der Waals surface area contributed by atoms with Gasteiger partial charge in [-0.05, 0) is 46.0 Å². The maximum absolute atomic E-state index is 10.2. The van der Waals surface area contributed by atoms with E-state index in [1.54, 1.807) is 0 Å². The predicted octanol–water partition coefficient (Wildman–Crippen LogP) is 6.97. The summed E-state index contributed by atoms with van der Waals surface area (Å²) >= 11 is 0. The Labute approximate surface area is 213 Å². The van der Waals surface area contributed by atoms with Gasteiger partial charge < -0.3 is 9.45 Å². The molecule has 206 valence electrons. The molecule has 0 saturated heterocycles. The maximum Gasteiger partial charge on any atom is 0.217 e. The summed E-state index contributed by atoms with van der Waals surface area (Å²) in [5, 5.41) is 0. The van der Waals surface area contributed by atoms with Crippen molar-refractivity contribution in [3.05, 3.63) is 0 Å². The van der Waals surface area contributed by atoms with E-state index in [9.17, 15) is 13.0 Å². The van der Waals surface area contributed by atoms with E-state index in [2.05, 4.69) is 25.0 Å². The van der Waals surface area contributed by atoms with Crippen LogP contribution in [0, 0.1) is 0 Å². The number of nitrogens with one attached hydrogen (secondary N) is 1. The lowest BCUT2D eigenvalue weighted by Crippen LogP contribution is -3.15. The van der Waals surface area contributed by atoms with Gasteiger partial charge in [-0.2, -0.15) is 0 Å². The summed E-state index contributed by atoms with van der Waals surface area (Å²) in [4.78, 5) is 1.82.